The van der Waals surface area contributed by atoms with Crippen LogP contribution in [0, 0.1) is 0 Å². The third-order valence-corrected chi connectivity index (χ3v) is 3.88. The van der Waals surface area contributed by atoms with E-state index < -0.39 is 12.0 Å². The number of methoxy groups -OCH3 is 3. The van der Waals surface area contributed by atoms with Crippen molar-refractivity contribution in [3.63, 3.8) is 0 Å². The molecule has 1 aromatic rings. The summed E-state index contributed by atoms with van der Waals surface area (Å²) >= 11 is 0. The van der Waals surface area contributed by atoms with E-state index in [1.165, 1.54) is 14.2 Å². The van der Waals surface area contributed by atoms with Crippen molar-refractivity contribution in [2.45, 2.75) is 12.5 Å². The zero-order chi connectivity index (χ0) is 17.4. The van der Waals surface area contributed by atoms with E-state index in [4.69, 9.17) is 23.7 Å². The highest BCUT2D eigenvalue weighted by Crippen LogP contribution is 2.37. The number of rotatable bonds is 7. The fourth-order valence-corrected chi connectivity index (χ4v) is 2.64. The maximum Gasteiger partial charge on any atom is 0.331 e. The first-order valence-corrected chi connectivity index (χ1v) is 7.94. The molecule has 1 aromatic carbocycles. The zero-order valence-corrected chi connectivity index (χ0v) is 14.4. The van der Waals surface area contributed by atoms with E-state index in [9.17, 15) is 4.79 Å². The molecular weight excluding hydrogens is 314 g/mol. The minimum Gasteiger partial charge on any atom is -0.493 e. The Balaban J connectivity index is 2.18. The minimum absolute atomic E-state index is 0.246. The van der Waals surface area contributed by atoms with Crippen LogP contribution in [0.2, 0.25) is 0 Å². The van der Waals surface area contributed by atoms with Gasteiger partial charge in [-0.25, -0.2) is 4.79 Å². The van der Waals surface area contributed by atoms with E-state index in [1.807, 2.05) is 4.90 Å². The fraction of sp³-hybridized carbons (Fsp3) is 0.588. The van der Waals surface area contributed by atoms with Gasteiger partial charge in [-0.1, -0.05) is 6.07 Å². The van der Waals surface area contributed by atoms with Crippen LogP contribution in [0.3, 0.4) is 0 Å². The maximum atomic E-state index is 12.8. The Morgan fingerprint density at radius 3 is 2.50 bits per heavy atom. The molecule has 1 atom stereocenters. The highest BCUT2D eigenvalue weighted by Gasteiger charge is 2.30. The number of esters is 1. The van der Waals surface area contributed by atoms with Crippen molar-refractivity contribution in [2.24, 2.45) is 0 Å². The van der Waals surface area contributed by atoms with E-state index in [2.05, 4.69) is 0 Å². The molecule has 0 saturated carbocycles. The summed E-state index contributed by atoms with van der Waals surface area (Å²) in [7, 11) is 4.61. The number of ether oxygens (including phenoxy) is 5. The molecule has 1 aliphatic heterocycles. The number of para-hydroxylation sites is 1. The van der Waals surface area contributed by atoms with Crippen LogP contribution in [-0.2, 0) is 14.3 Å². The highest BCUT2D eigenvalue weighted by molar-refractivity contribution is 5.80. The van der Waals surface area contributed by atoms with Crippen LogP contribution >= 0.6 is 0 Å². The molecule has 0 aromatic heterocycles. The number of hydrogen-bond acceptors (Lipinski definition) is 7. The first-order chi connectivity index (χ1) is 11.7. The molecular formula is C17H25NO6. The molecule has 1 fully saturated rings. The number of nitrogens with zero attached hydrogens (tertiary/aromatic N) is 1. The molecule has 24 heavy (non-hydrogen) atoms. The van der Waals surface area contributed by atoms with E-state index >= 15 is 0 Å². The van der Waals surface area contributed by atoms with Crippen molar-refractivity contribution < 1.29 is 28.5 Å². The Bertz CT molecular complexity index is 506. The molecule has 7 nitrogen and oxygen atoms in total. The SMILES string of the molecule is COC[C@H](C(=O)Oc1c(OC)cccc1OC)N1CCCOCC1. The van der Waals surface area contributed by atoms with Crippen LogP contribution in [0.5, 0.6) is 17.2 Å². The molecule has 0 radical (unpaired) electrons. The minimum atomic E-state index is -0.508. The predicted octanol–water partition coefficient (Wildman–Crippen LogP) is 1.35. The van der Waals surface area contributed by atoms with Crippen LogP contribution in [-0.4, -0.2) is 71.2 Å². The smallest absolute Gasteiger partial charge is 0.331 e. The second-order valence-electron chi connectivity index (χ2n) is 5.39. The van der Waals surface area contributed by atoms with Gasteiger partial charge >= 0.3 is 5.97 Å². The van der Waals surface area contributed by atoms with Gasteiger partial charge in [0, 0.05) is 26.8 Å². The van der Waals surface area contributed by atoms with Crippen molar-refractivity contribution in [1.82, 2.24) is 4.90 Å². The Hall–Kier alpha value is -1.83. The molecule has 7 heteroatoms. The van der Waals surface area contributed by atoms with Gasteiger partial charge in [0.05, 0.1) is 27.4 Å². The van der Waals surface area contributed by atoms with Gasteiger partial charge in [0.2, 0.25) is 5.75 Å². The average molecular weight is 339 g/mol. The highest BCUT2D eigenvalue weighted by atomic mass is 16.6. The van der Waals surface area contributed by atoms with Crippen LogP contribution in [0.15, 0.2) is 18.2 Å². The summed E-state index contributed by atoms with van der Waals surface area (Å²) in [5, 5.41) is 0. The summed E-state index contributed by atoms with van der Waals surface area (Å²) in [4.78, 5) is 14.8. The lowest BCUT2D eigenvalue weighted by Gasteiger charge is -2.28. The monoisotopic (exact) mass is 339 g/mol. The van der Waals surface area contributed by atoms with Crippen molar-refractivity contribution in [2.75, 3.05) is 54.2 Å². The van der Waals surface area contributed by atoms with Crippen molar-refractivity contribution in [3.8, 4) is 17.2 Å². The molecule has 0 N–H and O–H groups in total. The molecule has 1 heterocycles. The number of benzene rings is 1. The summed E-state index contributed by atoms with van der Waals surface area (Å²) < 4.78 is 26.8. The van der Waals surface area contributed by atoms with Gasteiger partial charge < -0.3 is 23.7 Å². The first-order valence-electron chi connectivity index (χ1n) is 7.94. The molecule has 1 saturated heterocycles. The molecule has 0 aliphatic carbocycles. The third-order valence-electron chi connectivity index (χ3n) is 3.88. The second kappa shape index (κ2) is 9.46. The first kappa shape index (κ1) is 18.5. The van der Waals surface area contributed by atoms with Crippen LogP contribution < -0.4 is 14.2 Å². The Labute approximate surface area is 142 Å². The van der Waals surface area contributed by atoms with Crippen molar-refractivity contribution >= 4 is 5.97 Å². The molecule has 0 amide bonds. The van der Waals surface area contributed by atoms with Gasteiger partial charge in [-0.3, -0.25) is 4.90 Å². The lowest BCUT2D eigenvalue weighted by Crippen LogP contribution is -2.47. The van der Waals surface area contributed by atoms with Gasteiger partial charge in [0.1, 0.15) is 6.04 Å². The lowest BCUT2D eigenvalue weighted by atomic mass is 10.2. The Morgan fingerprint density at radius 2 is 1.88 bits per heavy atom. The second-order valence-corrected chi connectivity index (χ2v) is 5.39. The lowest BCUT2D eigenvalue weighted by molar-refractivity contribution is -0.142. The molecule has 2 rings (SSSR count). The Kier molecular flexibility index (Phi) is 7.30. The number of hydrogen-bond donors (Lipinski definition) is 0. The van der Waals surface area contributed by atoms with E-state index in [-0.39, 0.29) is 12.4 Å². The van der Waals surface area contributed by atoms with Gasteiger partial charge in [-0.15, -0.1) is 0 Å². The summed E-state index contributed by atoms with van der Waals surface area (Å²) in [5.74, 6) is 0.761. The molecule has 0 unspecified atom stereocenters. The quantitative estimate of drug-likeness (QED) is 0.549. The zero-order valence-electron chi connectivity index (χ0n) is 14.4. The largest absolute Gasteiger partial charge is 0.493 e. The molecule has 1 aliphatic rings. The predicted molar refractivity (Wildman–Crippen MR) is 87.9 cm³/mol. The standard InChI is InChI=1S/C17H25NO6/c1-20-12-13(18-8-5-10-23-11-9-18)17(19)24-16-14(21-2)6-4-7-15(16)22-3/h4,6-7,13H,5,8-12H2,1-3H3/t13-/m1/s1. The maximum absolute atomic E-state index is 12.8. The van der Waals surface area contributed by atoms with E-state index in [0.717, 1.165) is 13.0 Å². The summed E-state index contributed by atoms with van der Waals surface area (Å²) in [5.41, 5.74) is 0. The van der Waals surface area contributed by atoms with Crippen LogP contribution in [0.25, 0.3) is 0 Å². The average Bonchev–Trinajstić information content (AvgIpc) is 2.88. The van der Waals surface area contributed by atoms with Gasteiger partial charge in [0.25, 0.3) is 0 Å². The van der Waals surface area contributed by atoms with E-state index in [1.54, 1.807) is 25.3 Å². The van der Waals surface area contributed by atoms with E-state index in [0.29, 0.717) is 31.3 Å². The van der Waals surface area contributed by atoms with Crippen LogP contribution in [0.1, 0.15) is 6.42 Å². The molecule has 0 bridgehead atoms. The van der Waals surface area contributed by atoms with Crippen molar-refractivity contribution in [1.29, 1.82) is 0 Å². The third kappa shape index (κ3) is 4.59. The van der Waals surface area contributed by atoms with Gasteiger partial charge in [-0.2, -0.15) is 0 Å². The van der Waals surface area contributed by atoms with Gasteiger partial charge in [-0.05, 0) is 18.6 Å². The normalized spacial score (nSPS) is 17.0. The summed E-state index contributed by atoms with van der Waals surface area (Å²) in [6.45, 7) is 2.95. The topological polar surface area (TPSA) is 66.5 Å². The van der Waals surface area contributed by atoms with Gasteiger partial charge in [0.15, 0.2) is 11.5 Å². The molecule has 134 valence electrons. The number of carbonyl (C=O) groups is 1. The summed E-state index contributed by atoms with van der Waals surface area (Å²) in [6, 6.07) is 4.70. The van der Waals surface area contributed by atoms with Crippen LogP contribution in [0.4, 0.5) is 0 Å². The van der Waals surface area contributed by atoms with Crippen molar-refractivity contribution in [3.05, 3.63) is 18.2 Å². The molecule has 0 spiro atoms. The fourth-order valence-electron chi connectivity index (χ4n) is 2.64. The number of carbonyl (C=O) groups excluding carboxylic acids is 1. The Morgan fingerprint density at radius 1 is 1.17 bits per heavy atom. The summed E-state index contributed by atoms with van der Waals surface area (Å²) in [6.07, 6.45) is 0.867.